The standard InChI is InChI=1S/C12H15N3O3/c16-7-10-11(14-5-3-9(17)4-6-14)13-12(18)15(10)8-1-2-8/h7-8H,1-6H2,(H,13,18). The highest BCUT2D eigenvalue weighted by Crippen LogP contribution is 2.36. The largest absolute Gasteiger partial charge is 0.355 e. The number of imidazole rings is 1. The van der Waals surface area contributed by atoms with Crippen LogP contribution >= 0.6 is 0 Å². The zero-order valence-electron chi connectivity index (χ0n) is 10.0. The number of rotatable bonds is 3. The van der Waals surface area contributed by atoms with Crippen LogP contribution < -0.4 is 10.6 Å². The Kier molecular flexibility index (Phi) is 2.57. The van der Waals surface area contributed by atoms with Crippen molar-refractivity contribution in [2.45, 2.75) is 31.7 Å². The molecule has 0 bridgehead atoms. The number of aromatic nitrogens is 2. The van der Waals surface area contributed by atoms with Crippen molar-refractivity contribution in [3.63, 3.8) is 0 Å². The van der Waals surface area contributed by atoms with Crippen molar-refractivity contribution in [3.8, 4) is 0 Å². The second kappa shape index (κ2) is 4.12. The number of carbonyl (C=O) groups excluding carboxylic acids is 2. The lowest BCUT2D eigenvalue weighted by atomic mass is 10.1. The summed E-state index contributed by atoms with van der Waals surface area (Å²) in [5.74, 6) is 0.817. The maximum Gasteiger partial charge on any atom is 0.327 e. The first-order valence-electron chi connectivity index (χ1n) is 6.27. The van der Waals surface area contributed by atoms with Gasteiger partial charge in [0, 0.05) is 32.0 Å². The minimum Gasteiger partial charge on any atom is -0.355 e. The number of aromatic amines is 1. The number of hydrogen-bond donors (Lipinski definition) is 1. The number of aldehydes is 1. The lowest BCUT2D eigenvalue weighted by Gasteiger charge is -2.26. The van der Waals surface area contributed by atoms with Gasteiger partial charge in [-0.25, -0.2) is 4.79 Å². The summed E-state index contributed by atoms with van der Waals surface area (Å²) >= 11 is 0. The molecule has 0 spiro atoms. The summed E-state index contributed by atoms with van der Waals surface area (Å²) in [6, 6.07) is 0.175. The highest BCUT2D eigenvalue weighted by molar-refractivity contribution is 5.84. The summed E-state index contributed by atoms with van der Waals surface area (Å²) in [6.07, 6.45) is 3.61. The number of Topliss-reactive ketones (excluding diaryl/α,β-unsaturated/α-hetero) is 1. The van der Waals surface area contributed by atoms with Gasteiger partial charge in [-0.3, -0.25) is 19.1 Å². The summed E-state index contributed by atoms with van der Waals surface area (Å²) < 4.78 is 1.55. The van der Waals surface area contributed by atoms with E-state index in [9.17, 15) is 14.4 Å². The Balaban J connectivity index is 1.96. The number of nitrogens with one attached hydrogen (secondary N) is 1. The summed E-state index contributed by atoms with van der Waals surface area (Å²) in [5, 5.41) is 0. The lowest BCUT2D eigenvalue weighted by molar-refractivity contribution is -0.119. The molecule has 96 valence electrons. The van der Waals surface area contributed by atoms with Crippen molar-refractivity contribution >= 4 is 17.9 Å². The molecule has 1 aromatic rings. The molecule has 0 aromatic carbocycles. The van der Waals surface area contributed by atoms with Crippen molar-refractivity contribution in [1.82, 2.24) is 9.55 Å². The number of anilines is 1. The van der Waals surface area contributed by atoms with E-state index in [4.69, 9.17) is 0 Å². The fraction of sp³-hybridized carbons (Fsp3) is 0.583. The predicted octanol–water partition coefficient (Wildman–Crippen LogP) is 0.493. The van der Waals surface area contributed by atoms with Crippen molar-refractivity contribution in [1.29, 1.82) is 0 Å². The first-order valence-corrected chi connectivity index (χ1v) is 6.27. The zero-order chi connectivity index (χ0) is 12.7. The van der Waals surface area contributed by atoms with E-state index >= 15 is 0 Å². The quantitative estimate of drug-likeness (QED) is 0.791. The van der Waals surface area contributed by atoms with Gasteiger partial charge in [0.05, 0.1) is 0 Å². The first-order chi connectivity index (χ1) is 8.70. The Morgan fingerprint density at radius 1 is 1.17 bits per heavy atom. The van der Waals surface area contributed by atoms with E-state index < -0.39 is 0 Å². The molecule has 6 nitrogen and oxygen atoms in total. The number of nitrogens with zero attached hydrogens (tertiary/aromatic N) is 2. The Bertz CT molecular complexity index is 543. The van der Waals surface area contributed by atoms with Crippen molar-refractivity contribution in [2.75, 3.05) is 18.0 Å². The molecule has 2 fully saturated rings. The number of hydrogen-bond acceptors (Lipinski definition) is 4. The fourth-order valence-electron chi connectivity index (χ4n) is 2.48. The van der Waals surface area contributed by atoms with Crippen LogP contribution in [0.5, 0.6) is 0 Å². The second-order valence-corrected chi connectivity index (χ2v) is 4.91. The number of ketones is 1. The SMILES string of the molecule is O=Cc1c(N2CCC(=O)CC2)[nH]c(=O)n1C1CC1. The molecule has 1 saturated carbocycles. The van der Waals surface area contributed by atoms with E-state index in [-0.39, 0.29) is 17.5 Å². The molecule has 6 heteroatoms. The monoisotopic (exact) mass is 249 g/mol. The molecule has 1 N–H and O–H groups in total. The van der Waals surface area contributed by atoms with Crippen LogP contribution in [-0.4, -0.2) is 34.7 Å². The third kappa shape index (κ3) is 1.77. The Hall–Kier alpha value is -1.85. The molecule has 18 heavy (non-hydrogen) atoms. The molecule has 0 amide bonds. The summed E-state index contributed by atoms with van der Waals surface area (Å²) in [6.45, 7) is 1.15. The van der Waals surface area contributed by atoms with Crippen LogP contribution in [-0.2, 0) is 4.79 Å². The smallest absolute Gasteiger partial charge is 0.327 e. The van der Waals surface area contributed by atoms with Gasteiger partial charge < -0.3 is 4.90 Å². The van der Waals surface area contributed by atoms with Gasteiger partial charge in [-0.05, 0) is 12.8 Å². The Morgan fingerprint density at radius 2 is 1.83 bits per heavy atom. The van der Waals surface area contributed by atoms with E-state index in [0.29, 0.717) is 37.4 Å². The van der Waals surface area contributed by atoms with Crippen LogP contribution in [0.1, 0.15) is 42.2 Å². The van der Waals surface area contributed by atoms with Crippen LogP contribution in [0.4, 0.5) is 5.82 Å². The number of H-pyrrole nitrogens is 1. The molecular weight excluding hydrogens is 234 g/mol. The third-order valence-corrected chi connectivity index (χ3v) is 3.61. The van der Waals surface area contributed by atoms with Gasteiger partial charge in [0.2, 0.25) is 0 Å². The van der Waals surface area contributed by atoms with Gasteiger partial charge in [-0.2, -0.15) is 0 Å². The minimum atomic E-state index is -0.216. The van der Waals surface area contributed by atoms with Crippen LogP contribution in [0.3, 0.4) is 0 Å². The van der Waals surface area contributed by atoms with Crippen LogP contribution in [0.25, 0.3) is 0 Å². The van der Waals surface area contributed by atoms with Crippen molar-refractivity contribution in [2.24, 2.45) is 0 Å². The van der Waals surface area contributed by atoms with E-state index in [2.05, 4.69) is 4.98 Å². The predicted molar refractivity (Wildman–Crippen MR) is 65.2 cm³/mol. The van der Waals surface area contributed by atoms with Crippen LogP contribution in [0.15, 0.2) is 4.79 Å². The molecular formula is C12H15N3O3. The van der Waals surface area contributed by atoms with Crippen LogP contribution in [0.2, 0.25) is 0 Å². The second-order valence-electron chi connectivity index (χ2n) is 4.91. The molecule has 3 rings (SSSR count). The molecule has 2 aliphatic rings. The molecule has 0 atom stereocenters. The molecule has 1 aliphatic carbocycles. The molecule has 1 aliphatic heterocycles. The lowest BCUT2D eigenvalue weighted by Crippen LogP contribution is -2.34. The Morgan fingerprint density at radius 3 is 2.39 bits per heavy atom. The van der Waals surface area contributed by atoms with Gasteiger partial charge >= 0.3 is 5.69 Å². The van der Waals surface area contributed by atoms with E-state index in [1.165, 1.54) is 0 Å². The maximum absolute atomic E-state index is 11.9. The van der Waals surface area contributed by atoms with Gasteiger partial charge in [0.1, 0.15) is 17.3 Å². The van der Waals surface area contributed by atoms with Gasteiger partial charge in [-0.15, -0.1) is 0 Å². The first kappa shape index (κ1) is 11.3. The average Bonchev–Trinajstić information content (AvgIpc) is 3.14. The average molecular weight is 249 g/mol. The summed E-state index contributed by atoms with van der Waals surface area (Å²) in [4.78, 5) is 39.0. The highest BCUT2D eigenvalue weighted by atomic mass is 16.2. The maximum atomic E-state index is 11.9. The van der Waals surface area contributed by atoms with E-state index in [0.717, 1.165) is 19.1 Å². The Labute approximate surface area is 104 Å². The summed E-state index contributed by atoms with van der Waals surface area (Å²) in [7, 11) is 0. The molecule has 1 saturated heterocycles. The molecule has 0 radical (unpaired) electrons. The fourth-order valence-corrected chi connectivity index (χ4v) is 2.48. The zero-order valence-corrected chi connectivity index (χ0v) is 10.0. The van der Waals surface area contributed by atoms with Crippen molar-refractivity contribution < 1.29 is 9.59 Å². The van der Waals surface area contributed by atoms with Gasteiger partial charge in [0.15, 0.2) is 6.29 Å². The van der Waals surface area contributed by atoms with E-state index in [1.807, 2.05) is 4.90 Å². The summed E-state index contributed by atoms with van der Waals surface area (Å²) in [5.41, 5.74) is 0.211. The normalized spacial score (nSPS) is 20.2. The topological polar surface area (TPSA) is 75.2 Å². The third-order valence-electron chi connectivity index (χ3n) is 3.61. The number of carbonyl (C=O) groups is 2. The highest BCUT2D eigenvalue weighted by Gasteiger charge is 2.31. The number of piperidine rings is 1. The van der Waals surface area contributed by atoms with Crippen molar-refractivity contribution in [3.05, 3.63) is 16.2 Å². The molecule has 2 heterocycles. The molecule has 0 unspecified atom stereocenters. The molecule has 1 aromatic heterocycles. The van der Waals surface area contributed by atoms with Gasteiger partial charge in [0.25, 0.3) is 0 Å². The van der Waals surface area contributed by atoms with Gasteiger partial charge in [-0.1, -0.05) is 0 Å². The minimum absolute atomic E-state index is 0.175. The van der Waals surface area contributed by atoms with Crippen LogP contribution in [0, 0.1) is 0 Å². The van der Waals surface area contributed by atoms with E-state index in [1.54, 1.807) is 4.57 Å².